The molecule has 1 aromatic rings. The molecule has 2 N–H and O–H groups in total. The first-order chi connectivity index (χ1) is 11.0. The second-order valence-electron chi connectivity index (χ2n) is 4.61. The van der Waals surface area contributed by atoms with Crippen LogP contribution in [0.3, 0.4) is 0 Å². The summed E-state index contributed by atoms with van der Waals surface area (Å²) in [5.74, 6) is 0.650. The maximum absolute atomic E-state index is 12.5. The molecule has 0 aliphatic carbocycles. The van der Waals surface area contributed by atoms with Gasteiger partial charge in [0.2, 0.25) is 0 Å². The lowest BCUT2D eigenvalue weighted by atomic mass is 10.4. The van der Waals surface area contributed by atoms with E-state index in [2.05, 4.69) is 20.6 Å². The number of ether oxygens (including phenoxy) is 1. The van der Waals surface area contributed by atoms with Gasteiger partial charge in [-0.3, -0.25) is 4.99 Å². The Balaban J connectivity index is 2.37. The van der Waals surface area contributed by atoms with E-state index in [1.807, 2.05) is 13.8 Å². The van der Waals surface area contributed by atoms with Crippen molar-refractivity contribution in [2.45, 2.75) is 32.9 Å². The van der Waals surface area contributed by atoms with Crippen molar-refractivity contribution in [3.8, 4) is 0 Å². The molecular weight excluding hydrogens is 329 g/mol. The number of guanidine groups is 1. The molecule has 0 aliphatic heterocycles. The van der Waals surface area contributed by atoms with Crippen molar-refractivity contribution in [1.82, 2.24) is 15.6 Å². The average molecular weight is 352 g/mol. The third-order valence-electron chi connectivity index (χ3n) is 2.74. The Kier molecular flexibility index (Phi) is 8.93. The molecule has 9 heteroatoms. The molecule has 0 unspecified atom stereocenters. The SMILES string of the molecule is CCNC(=NCCCOCC)NCCc1nc(C(F)(F)F)cs1. The molecule has 0 radical (unpaired) electrons. The summed E-state index contributed by atoms with van der Waals surface area (Å²) < 4.78 is 42.6. The summed E-state index contributed by atoms with van der Waals surface area (Å²) in [6.07, 6.45) is -3.13. The van der Waals surface area contributed by atoms with Crippen LogP contribution >= 0.6 is 11.3 Å². The summed E-state index contributed by atoms with van der Waals surface area (Å²) in [6.45, 7) is 7.07. The van der Waals surface area contributed by atoms with Crippen LogP contribution in [0.15, 0.2) is 10.4 Å². The Morgan fingerprint density at radius 2 is 2.13 bits per heavy atom. The fraction of sp³-hybridized carbons (Fsp3) is 0.714. The first-order valence-corrected chi connectivity index (χ1v) is 8.46. The van der Waals surface area contributed by atoms with E-state index in [9.17, 15) is 13.2 Å². The van der Waals surface area contributed by atoms with Gasteiger partial charge in [-0.2, -0.15) is 13.2 Å². The topological polar surface area (TPSA) is 58.5 Å². The minimum absolute atomic E-state index is 0.421. The van der Waals surface area contributed by atoms with Crippen LogP contribution in [0.2, 0.25) is 0 Å². The largest absolute Gasteiger partial charge is 0.434 e. The van der Waals surface area contributed by atoms with Gasteiger partial charge in [0.05, 0.1) is 5.01 Å². The summed E-state index contributed by atoms with van der Waals surface area (Å²) in [5.41, 5.74) is -0.825. The zero-order valence-electron chi connectivity index (χ0n) is 13.4. The van der Waals surface area contributed by atoms with Gasteiger partial charge in [0, 0.05) is 44.6 Å². The first kappa shape index (κ1) is 19.7. The fourth-order valence-electron chi connectivity index (χ4n) is 1.69. The number of hydrogen-bond acceptors (Lipinski definition) is 4. The molecule has 0 spiro atoms. The minimum Gasteiger partial charge on any atom is -0.382 e. The van der Waals surface area contributed by atoms with Gasteiger partial charge in [-0.15, -0.1) is 11.3 Å². The van der Waals surface area contributed by atoms with Crippen LogP contribution in [0.1, 0.15) is 31.0 Å². The third-order valence-corrected chi connectivity index (χ3v) is 3.65. The molecule has 23 heavy (non-hydrogen) atoms. The summed E-state index contributed by atoms with van der Waals surface area (Å²) in [6, 6.07) is 0. The predicted octanol–water partition coefficient (Wildman–Crippen LogP) is 2.69. The number of aromatic nitrogens is 1. The molecule has 0 fully saturated rings. The van der Waals surface area contributed by atoms with Crippen LogP contribution in [0.4, 0.5) is 13.2 Å². The van der Waals surface area contributed by atoms with Gasteiger partial charge in [0.15, 0.2) is 11.7 Å². The molecule has 5 nitrogen and oxygen atoms in total. The molecule has 132 valence electrons. The highest BCUT2D eigenvalue weighted by Gasteiger charge is 2.33. The summed E-state index contributed by atoms with van der Waals surface area (Å²) >= 11 is 1.02. The van der Waals surface area contributed by atoms with Crippen LogP contribution in [0.25, 0.3) is 0 Å². The van der Waals surface area contributed by atoms with E-state index >= 15 is 0 Å². The van der Waals surface area contributed by atoms with Crippen molar-refractivity contribution in [3.05, 3.63) is 16.1 Å². The van der Waals surface area contributed by atoms with Crippen molar-refractivity contribution in [2.75, 3.05) is 32.8 Å². The van der Waals surface area contributed by atoms with Gasteiger partial charge in [0.25, 0.3) is 0 Å². The zero-order valence-corrected chi connectivity index (χ0v) is 14.2. The summed E-state index contributed by atoms with van der Waals surface area (Å²) in [7, 11) is 0. The van der Waals surface area contributed by atoms with Crippen molar-refractivity contribution >= 4 is 17.3 Å². The standard InChI is InChI=1S/C14H23F3N4OS/c1-3-18-13(19-7-5-9-22-4-2)20-8-6-12-21-11(10-23-12)14(15,16)17/h10H,3-9H2,1-2H3,(H2,18,19,20). The number of thiazole rings is 1. The second kappa shape index (κ2) is 10.4. The second-order valence-corrected chi connectivity index (χ2v) is 5.55. The number of nitrogens with one attached hydrogen (secondary N) is 2. The van der Waals surface area contributed by atoms with Crippen molar-refractivity contribution in [2.24, 2.45) is 4.99 Å². The van der Waals surface area contributed by atoms with Gasteiger partial charge < -0.3 is 15.4 Å². The van der Waals surface area contributed by atoms with E-state index < -0.39 is 11.9 Å². The van der Waals surface area contributed by atoms with Gasteiger partial charge in [-0.25, -0.2) is 4.98 Å². The van der Waals surface area contributed by atoms with E-state index in [-0.39, 0.29) is 0 Å². The predicted molar refractivity (Wildman–Crippen MR) is 85.9 cm³/mol. The molecule has 0 aromatic carbocycles. The van der Waals surface area contributed by atoms with E-state index in [0.29, 0.717) is 50.2 Å². The summed E-state index contributed by atoms with van der Waals surface area (Å²) in [4.78, 5) is 7.98. The van der Waals surface area contributed by atoms with Crippen LogP contribution in [0.5, 0.6) is 0 Å². The highest BCUT2D eigenvalue weighted by molar-refractivity contribution is 7.09. The van der Waals surface area contributed by atoms with Crippen LogP contribution in [0, 0.1) is 0 Å². The number of halogens is 3. The highest BCUT2D eigenvalue weighted by Crippen LogP contribution is 2.29. The lowest BCUT2D eigenvalue weighted by Gasteiger charge is -2.10. The molecule has 1 heterocycles. The van der Waals surface area contributed by atoms with Crippen molar-refractivity contribution in [1.29, 1.82) is 0 Å². The van der Waals surface area contributed by atoms with Gasteiger partial charge in [-0.1, -0.05) is 0 Å². The van der Waals surface area contributed by atoms with Crippen LogP contribution in [-0.2, 0) is 17.3 Å². The Bertz CT molecular complexity index is 477. The van der Waals surface area contributed by atoms with Gasteiger partial charge in [0.1, 0.15) is 0 Å². The number of aliphatic imine (C=N–C) groups is 1. The number of alkyl halides is 3. The third kappa shape index (κ3) is 8.17. The Morgan fingerprint density at radius 1 is 1.35 bits per heavy atom. The molecule has 0 saturated carbocycles. The Hall–Kier alpha value is -1.35. The van der Waals surface area contributed by atoms with Gasteiger partial charge in [-0.05, 0) is 20.3 Å². The fourth-order valence-corrected chi connectivity index (χ4v) is 2.49. The lowest BCUT2D eigenvalue weighted by molar-refractivity contribution is -0.140. The smallest absolute Gasteiger partial charge is 0.382 e. The van der Waals surface area contributed by atoms with E-state index in [4.69, 9.17) is 4.74 Å². The molecule has 0 amide bonds. The molecule has 0 saturated heterocycles. The number of rotatable bonds is 9. The number of hydrogen-bond donors (Lipinski definition) is 2. The maximum Gasteiger partial charge on any atom is 0.434 e. The van der Waals surface area contributed by atoms with Crippen LogP contribution in [-0.4, -0.2) is 43.8 Å². The maximum atomic E-state index is 12.5. The average Bonchev–Trinajstić information content (AvgIpc) is 2.96. The molecule has 0 aliphatic rings. The Labute approximate surface area is 138 Å². The van der Waals surface area contributed by atoms with E-state index in [0.717, 1.165) is 23.1 Å². The molecular formula is C14H23F3N4OS. The van der Waals surface area contributed by atoms with Crippen molar-refractivity contribution < 1.29 is 17.9 Å². The lowest BCUT2D eigenvalue weighted by Crippen LogP contribution is -2.38. The molecule has 1 rings (SSSR count). The first-order valence-electron chi connectivity index (χ1n) is 7.58. The molecule has 0 bridgehead atoms. The monoisotopic (exact) mass is 352 g/mol. The van der Waals surface area contributed by atoms with E-state index in [1.54, 1.807) is 0 Å². The Morgan fingerprint density at radius 3 is 2.74 bits per heavy atom. The molecule has 1 aromatic heterocycles. The van der Waals surface area contributed by atoms with Gasteiger partial charge >= 0.3 is 6.18 Å². The van der Waals surface area contributed by atoms with Crippen molar-refractivity contribution in [3.63, 3.8) is 0 Å². The quantitative estimate of drug-likeness (QED) is 0.408. The number of nitrogens with zero attached hydrogens (tertiary/aromatic N) is 2. The van der Waals surface area contributed by atoms with E-state index in [1.165, 1.54) is 0 Å². The minimum atomic E-state index is -4.38. The summed E-state index contributed by atoms with van der Waals surface area (Å²) in [5, 5.41) is 7.68. The normalized spacial score (nSPS) is 12.5. The molecule has 0 atom stereocenters. The van der Waals surface area contributed by atoms with Crippen LogP contribution < -0.4 is 10.6 Å². The highest BCUT2D eigenvalue weighted by atomic mass is 32.1. The zero-order chi connectivity index (χ0) is 17.1.